The summed E-state index contributed by atoms with van der Waals surface area (Å²) in [6.07, 6.45) is 5.13. The molecule has 4 N–H and O–H groups in total. The minimum Gasteiger partial charge on any atom is -0.494 e. The number of aliphatic carboxylic acids is 1. The number of carbonyl (C=O) groups excluding carboxylic acids is 1. The Morgan fingerprint density at radius 3 is 2.69 bits per heavy atom. The Hall–Kier alpha value is -4.47. The van der Waals surface area contributed by atoms with Crippen molar-refractivity contribution in [2.24, 2.45) is 0 Å². The summed E-state index contributed by atoms with van der Waals surface area (Å²) in [6.45, 7) is 3.77. The maximum absolute atomic E-state index is 12.7. The molecule has 10 heteroatoms. The van der Waals surface area contributed by atoms with Gasteiger partial charge in [0, 0.05) is 29.8 Å². The molecule has 3 heterocycles. The molecule has 0 fully saturated rings. The molecule has 0 aliphatic carbocycles. The highest BCUT2D eigenvalue weighted by molar-refractivity contribution is 5.94. The molecule has 1 aromatic carbocycles. The second-order valence-electron chi connectivity index (χ2n) is 8.26. The van der Waals surface area contributed by atoms with Gasteiger partial charge in [0.1, 0.15) is 17.1 Å². The first-order chi connectivity index (χ1) is 16.8. The molecule has 3 aromatic heterocycles. The Morgan fingerprint density at radius 1 is 1.17 bits per heavy atom. The lowest BCUT2D eigenvalue weighted by Crippen LogP contribution is -2.16. The van der Waals surface area contributed by atoms with Crippen LogP contribution in [0.2, 0.25) is 0 Å². The van der Waals surface area contributed by atoms with E-state index in [1.165, 1.54) is 0 Å². The molecule has 0 aliphatic rings. The highest BCUT2D eigenvalue weighted by Gasteiger charge is 2.17. The van der Waals surface area contributed by atoms with Gasteiger partial charge in [-0.25, -0.2) is 9.97 Å². The second-order valence-corrected chi connectivity index (χ2v) is 8.26. The number of ether oxygens (including phenoxy) is 1. The van der Waals surface area contributed by atoms with Crippen molar-refractivity contribution in [3.63, 3.8) is 0 Å². The fourth-order valence-electron chi connectivity index (χ4n) is 3.77. The van der Waals surface area contributed by atoms with Gasteiger partial charge in [-0.15, -0.1) is 0 Å². The van der Waals surface area contributed by atoms with Crippen LogP contribution in [0.1, 0.15) is 36.0 Å². The molecule has 10 nitrogen and oxygen atoms in total. The van der Waals surface area contributed by atoms with E-state index >= 15 is 0 Å². The Balaban J connectivity index is 1.48. The van der Waals surface area contributed by atoms with Crippen LogP contribution >= 0.6 is 0 Å². The monoisotopic (exact) mass is 474 g/mol. The fraction of sp³-hybridized carbons (Fsp3) is 0.240. The van der Waals surface area contributed by atoms with Gasteiger partial charge in [0.25, 0.3) is 0 Å². The summed E-state index contributed by atoms with van der Waals surface area (Å²) in [5.41, 5.74) is 4.73. The first kappa shape index (κ1) is 23.7. The van der Waals surface area contributed by atoms with E-state index in [0.717, 1.165) is 22.3 Å². The maximum atomic E-state index is 12.7. The van der Waals surface area contributed by atoms with Crippen molar-refractivity contribution in [3.05, 3.63) is 65.6 Å². The minimum absolute atomic E-state index is 0.0161. The number of H-pyrrole nitrogens is 1. The molecule has 1 atom stereocenters. The van der Waals surface area contributed by atoms with E-state index in [0.29, 0.717) is 28.6 Å². The summed E-state index contributed by atoms with van der Waals surface area (Å²) in [4.78, 5) is 39.8. The Labute approximate surface area is 201 Å². The van der Waals surface area contributed by atoms with Crippen LogP contribution in [0.3, 0.4) is 0 Å². The van der Waals surface area contributed by atoms with E-state index in [2.05, 4.69) is 30.6 Å². The second kappa shape index (κ2) is 10.2. The molecule has 0 saturated heterocycles. The van der Waals surface area contributed by atoms with Gasteiger partial charge in [0.15, 0.2) is 0 Å². The summed E-state index contributed by atoms with van der Waals surface area (Å²) in [5.74, 6) is 0.155. The fourth-order valence-corrected chi connectivity index (χ4v) is 3.77. The molecule has 0 aliphatic heterocycles. The Kier molecular flexibility index (Phi) is 6.91. The zero-order chi connectivity index (χ0) is 24.9. The van der Waals surface area contributed by atoms with Crippen molar-refractivity contribution in [1.29, 1.82) is 0 Å². The SMILES string of the molecule is COc1c(CC(=O)Nc2ccc(C(C)CC(=O)O)cn2)ccc2[nH]c(Nc3ccncc3C)nc12. The lowest BCUT2D eigenvalue weighted by Gasteiger charge is -2.11. The van der Waals surface area contributed by atoms with Crippen molar-refractivity contribution < 1.29 is 19.4 Å². The number of pyridine rings is 2. The third-order valence-corrected chi connectivity index (χ3v) is 5.62. The van der Waals surface area contributed by atoms with Gasteiger partial charge in [-0.3, -0.25) is 14.6 Å². The minimum atomic E-state index is -0.868. The lowest BCUT2D eigenvalue weighted by atomic mass is 10.00. The third kappa shape index (κ3) is 5.55. The van der Waals surface area contributed by atoms with Gasteiger partial charge in [-0.05, 0) is 42.2 Å². The van der Waals surface area contributed by atoms with Crippen LogP contribution in [0.25, 0.3) is 11.0 Å². The molecule has 35 heavy (non-hydrogen) atoms. The molecule has 1 unspecified atom stereocenters. The van der Waals surface area contributed by atoms with Crippen LogP contribution in [-0.4, -0.2) is 44.0 Å². The summed E-state index contributed by atoms with van der Waals surface area (Å²) in [6, 6.07) is 8.98. The zero-order valence-corrected chi connectivity index (χ0v) is 19.6. The number of carbonyl (C=O) groups is 2. The number of benzene rings is 1. The van der Waals surface area contributed by atoms with Gasteiger partial charge in [0.2, 0.25) is 11.9 Å². The average molecular weight is 475 g/mol. The van der Waals surface area contributed by atoms with Crippen LogP contribution in [0, 0.1) is 6.92 Å². The molecule has 4 rings (SSSR count). The number of aromatic nitrogens is 4. The van der Waals surface area contributed by atoms with Gasteiger partial charge < -0.3 is 25.5 Å². The standard InChI is InChI=1S/C25H26N6O4/c1-14(10-22(33)34)17-5-7-20(27-13-17)30-21(32)11-16-4-6-19-23(24(16)35-3)31-25(29-19)28-18-8-9-26-12-15(18)2/h4-9,12-14H,10-11H2,1-3H3,(H,33,34)(H,27,30,32)(H2,26,28,29,31). The normalized spacial score (nSPS) is 11.7. The van der Waals surface area contributed by atoms with Crippen LogP contribution in [0.4, 0.5) is 17.5 Å². The van der Waals surface area contributed by atoms with Crippen LogP contribution < -0.4 is 15.4 Å². The van der Waals surface area contributed by atoms with E-state index in [-0.39, 0.29) is 24.7 Å². The largest absolute Gasteiger partial charge is 0.494 e. The molecular formula is C25H26N6O4. The Morgan fingerprint density at radius 2 is 2.00 bits per heavy atom. The van der Waals surface area contributed by atoms with Gasteiger partial charge in [0.05, 0.1) is 25.5 Å². The highest BCUT2D eigenvalue weighted by Crippen LogP contribution is 2.31. The topological polar surface area (TPSA) is 142 Å². The lowest BCUT2D eigenvalue weighted by molar-refractivity contribution is -0.137. The number of fused-ring (bicyclic) bond motifs is 1. The first-order valence-electron chi connectivity index (χ1n) is 11.0. The summed E-state index contributed by atoms with van der Waals surface area (Å²) < 4.78 is 5.61. The summed E-state index contributed by atoms with van der Waals surface area (Å²) >= 11 is 0. The number of nitrogens with zero attached hydrogens (tertiary/aromatic N) is 3. The number of aromatic amines is 1. The molecule has 0 radical (unpaired) electrons. The molecule has 4 aromatic rings. The summed E-state index contributed by atoms with van der Waals surface area (Å²) in [7, 11) is 1.55. The smallest absolute Gasteiger partial charge is 0.303 e. The molecule has 1 amide bonds. The van der Waals surface area contributed by atoms with Crippen molar-refractivity contribution in [1.82, 2.24) is 19.9 Å². The molecular weight excluding hydrogens is 448 g/mol. The number of rotatable bonds is 9. The van der Waals surface area contributed by atoms with Gasteiger partial charge in [-0.2, -0.15) is 0 Å². The van der Waals surface area contributed by atoms with Crippen molar-refractivity contribution in [2.45, 2.75) is 32.6 Å². The number of aryl methyl sites for hydroxylation is 1. The molecule has 0 saturated carbocycles. The summed E-state index contributed by atoms with van der Waals surface area (Å²) in [5, 5.41) is 15.0. The van der Waals surface area contributed by atoms with Gasteiger partial charge in [-0.1, -0.05) is 19.1 Å². The number of hydrogen-bond acceptors (Lipinski definition) is 7. The number of imidazole rings is 1. The Bertz CT molecular complexity index is 1370. The van der Waals surface area contributed by atoms with Crippen LogP contribution in [-0.2, 0) is 16.0 Å². The van der Waals surface area contributed by atoms with E-state index in [1.807, 2.05) is 32.0 Å². The van der Waals surface area contributed by atoms with Crippen LogP contribution in [0.5, 0.6) is 5.75 Å². The van der Waals surface area contributed by atoms with Crippen molar-refractivity contribution in [2.75, 3.05) is 17.7 Å². The number of methoxy groups -OCH3 is 1. The van der Waals surface area contributed by atoms with E-state index < -0.39 is 5.97 Å². The van der Waals surface area contributed by atoms with E-state index in [4.69, 9.17) is 9.84 Å². The molecule has 0 spiro atoms. The maximum Gasteiger partial charge on any atom is 0.303 e. The molecule has 0 bridgehead atoms. The predicted octanol–water partition coefficient (Wildman–Crippen LogP) is 4.17. The van der Waals surface area contributed by atoms with E-state index in [9.17, 15) is 9.59 Å². The van der Waals surface area contributed by atoms with Crippen molar-refractivity contribution in [3.8, 4) is 5.75 Å². The van der Waals surface area contributed by atoms with E-state index in [1.54, 1.807) is 37.8 Å². The highest BCUT2D eigenvalue weighted by atomic mass is 16.5. The number of carboxylic acids is 1. The number of nitrogens with one attached hydrogen (secondary N) is 3. The number of anilines is 3. The number of amides is 1. The third-order valence-electron chi connectivity index (χ3n) is 5.62. The average Bonchev–Trinajstić information content (AvgIpc) is 3.23. The number of hydrogen-bond donors (Lipinski definition) is 4. The molecule has 180 valence electrons. The zero-order valence-electron chi connectivity index (χ0n) is 19.6. The van der Waals surface area contributed by atoms with Crippen LogP contribution in [0.15, 0.2) is 48.9 Å². The van der Waals surface area contributed by atoms with Crippen molar-refractivity contribution >= 4 is 40.4 Å². The first-order valence-corrected chi connectivity index (χ1v) is 11.0. The predicted molar refractivity (Wildman–Crippen MR) is 132 cm³/mol. The number of carboxylic acid groups (broad SMARTS) is 1. The quantitative estimate of drug-likeness (QED) is 0.283. The van der Waals surface area contributed by atoms with Gasteiger partial charge >= 0.3 is 5.97 Å².